The second-order valence-corrected chi connectivity index (χ2v) is 8.26. The van der Waals surface area contributed by atoms with Gasteiger partial charge in [0.2, 0.25) is 0 Å². The lowest BCUT2D eigenvalue weighted by Crippen LogP contribution is -2.34. The van der Waals surface area contributed by atoms with Crippen molar-refractivity contribution < 1.29 is 37.8 Å². The standard InChI is InChI=1S/C27H25F2NO6/c1-2-34-25-13-17(14-26(31)32)6-7-22(25)20-8-9-24(29)21-10-11-30(15-23(20)21)36-27(33)35-16-18-4-3-5-19(28)12-18/h3-9,12-13H,2,10-11,14-16H2,1H3,(H,31,32). The topological polar surface area (TPSA) is 85.3 Å². The molecule has 0 spiro atoms. The van der Waals surface area contributed by atoms with Gasteiger partial charge < -0.3 is 19.4 Å². The summed E-state index contributed by atoms with van der Waals surface area (Å²) >= 11 is 0. The maximum Gasteiger partial charge on any atom is 0.528 e. The molecule has 0 aliphatic carbocycles. The normalized spacial score (nSPS) is 13.1. The molecule has 0 aromatic heterocycles. The molecule has 1 aliphatic heterocycles. The van der Waals surface area contributed by atoms with E-state index in [1.54, 1.807) is 30.3 Å². The van der Waals surface area contributed by atoms with Gasteiger partial charge in [0.15, 0.2) is 0 Å². The van der Waals surface area contributed by atoms with E-state index in [-0.39, 0.29) is 31.9 Å². The number of aliphatic carboxylic acids is 1. The van der Waals surface area contributed by atoms with Crippen LogP contribution in [-0.2, 0) is 40.4 Å². The number of benzene rings is 3. The van der Waals surface area contributed by atoms with Crippen LogP contribution in [0.1, 0.15) is 29.2 Å². The maximum absolute atomic E-state index is 14.7. The second kappa shape index (κ2) is 11.2. The molecule has 0 radical (unpaired) electrons. The van der Waals surface area contributed by atoms with E-state index in [0.29, 0.717) is 52.2 Å². The lowest BCUT2D eigenvalue weighted by atomic mass is 9.90. The van der Waals surface area contributed by atoms with Gasteiger partial charge in [0.25, 0.3) is 0 Å². The van der Waals surface area contributed by atoms with Crippen LogP contribution < -0.4 is 4.74 Å². The molecule has 7 nitrogen and oxygen atoms in total. The number of carboxylic acid groups (broad SMARTS) is 1. The molecule has 1 N–H and O–H groups in total. The molecule has 4 rings (SSSR count). The van der Waals surface area contributed by atoms with Crippen LogP contribution in [0, 0.1) is 11.6 Å². The van der Waals surface area contributed by atoms with E-state index in [9.17, 15) is 18.4 Å². The zero-order valence-electron chi connectivity index (χ0n) is 19.6. The summed E-state index contributed by atoms with van der Waals surface area (Å²) in [5.74, 6) is -1.27. The third-order valence-corrected chi connectivity index (χ3v) is 5.76. The van der Waals surface area contributed by atoms with Crippen LogP contribution in [0.25, 0.3) is 11.1 Å². The number of hydrogen-bond acceptors (Lipinski definition) is 6. The molecule has 188 valence electrons. The summed E-state index contributed by atoms with van der Waals surface area (Å²) in [4.78, 5) is 28.7. The van der Waals surface area contributed by atoms with Crippen molar-refractivity contribution in [3.63, 3.8) is 0 Å². The summed E-state index contributed by atoms with van der Waals surface area (Å²) < 4.78 is 38.9. The molecule has 1 heterocycles. The van der Waals surface area contributed by atoms with Gasteiger partial charge in [-0.2, -0.15) is 0 Å². The Balaban J connectivity index is 1.54. The lowest BCUT2D eigenvalue weighted by molar-refractivity contribution is -0.139. The van der Waals surface area contributed by atoms with Crippen LogP contribution in [-0.4, -0.2) is 35.4 Å². The van der Waals surface area contributed by atoms with Gasteiger partial charge in [0, 0.05) is 12.1 Å². The highest BCUT2D eigenvalue weighted by atomic mass is 19.1. The van der Waals surface area contributed by atoms with Crippen LogP contribution >= 0.6 is 0 Å². The fraction of sp³-hybridized carbons (Fsp3) is 0.259. The molecule has 3 aromatic rings. The fourth-order valence-corrected chi connectivity index (χ4v) is 4.19. The third kappa shape index (κ3) is 5.98. The van der Waals surface area contributed by atoms with E-state index >= 15 is 0 Å². The Bertz CT molecular complexity index is 1280. The van der Waals surface area contributed by atoms with Gasteiger partial charge in [-0.25, -0.2) is 13.6 Å². The smallest absolute Gasteiger partial charge is 0.493 e. The Morgan fingerprint density at radius 3 is 2.56 bits per heavy atom. The predicted molar refractivity (Wildman–Crippen MR) is 126 cm³/mol. The van der Waals surface area contributed by atoms with Crippen molar-refractivity contribution >= 4 is 12.1 Å². The summed E-state index contributed by atoms with van der Waals surface area (Å²) in [6, 6.07) is 13.8. The summed E-state index contributed by atoms with van der Waals surface area (Å²) in [6.45, 7) is 2.40. The summed E-state index contributed by atoms with van der Waals surface area (Å²) in [5, 5.41) is 10.5. The van der Waals surface area contributed by atoms with Crippen LogP contribution in [0.2, 0.25) is 0 Å². The highest BCUT2D eigenvalue weighted by Gasteiger charge is 2.26. The SMILES string of the molecule is CCOc1cc(CC(=O)O)ccc1-c1ccc(F)c2c1CN(OC(=O)OCc1cccc(F)c1)CC2. The van der Waals surface area contributed by atoms with Gasteiger partial charge in [0.1, 0.15) is 24.0 Å². The molecule has 0 saturated carbocycles. The number of hydroxylamine groups is 2. The predicted octanol–water partition coefficient (Wildman–Crippen LogP) is 5.28. The average molecular weight is 497 g/mol. The van der Waals surface area contributed by atoms with Crippen molar-refractivity contribution in [3.8, 4) is 16.9 Å². The molecule has 0 bridgehead atoms. The second-order valence-electron chi connectivity index (χ2n) is 8.26. The van der Waals surface area contributed by atoms with Crippen LogP contribution in [0.5, 0.6) is 5.75 Å². The first-order valence-corrected chi connectivity index (χ1v) is 11.5. The van der Waals surface area contributed by atoms with Crippen LogP contribution in [0.15, 0.2) is 54.6 Å². The first-order chi connectivity index (χ1) is 17.3. The first kappa shape index (κ1) is 25.1. The molecule has 0 atom stereocenters. The van der Waals surface area contributed by atoms with Crippen molar-refractivity contribution in [2.45, 2.75) is 32.9 Å². The van der Waals surface area contributed by atoms with Gasteiger partial charge in [-0.05, 0) is 65.4 Å². The Morgan fingerprint density at radius 1 is 1.00 bits per heavy atom. The monoisotopic (exact) mass is 497 g/mol. The quantitative estimate of drug-likeness (QED) is 0.424. The molecule has 0 unspecified atom stereocenters. The number of fused-ring (bicyclic) bond motifs is 1. The largest absolute Gasteiger partial charge is 0.528 e. The summed E-state index contributed by atoms with van der Waals surface area (Å²) in [7, 11) is 0. The van der Waals surface area contributed by atoms with Crippen LogP contribution in [0.4, 0.5) is 13.6 Å². The first-order valence-electron chi connectivity index (χ1n) is 11.5. The van der Waals surface area contributed by atoms with Gasteiger partial charge in [-0.3, -0.25) is 4.79 Å². The maximum atomic E-state index is 14.7. The average Bonchev–Trinajstić information content (AvgIpc) is 2.84. The lowest BCUT2D eigenvalue weighted by Gasteiger charge is -2.29. The van der Waals surface area contributed by atoms with Crippen molar-refractivity contribution in [3.05, 3.63) is 88.5 Å². The molecule has 36 heavy (non-hydrogen) atoms. The van der Waals surface area contributed by atoms with E-state index in [2.05, 4.69) is 0 Å². The minimum Gasteiger partial charge on any atom is -0.493 e. The number of carbonyl (C=O) groups is 2. The van der Waals surface area contributed by atoms with E-state index in [1.165, 1.54) is 29.3 Å². The van der Waals surface area contributed by atoms with E-state index < -0.39 is 17.9 Å². The summed E-state index contributed by atoms with van der Waals surface area (Å²) in [5.41, 5.74) is 3.58. The van der Waals surface area contributed by atoms with E-state index in [0.717, 1.165) is 0 Å². The molecule has 9 heteroatoms. The highest BCUT2D eigenvalue weighted by molar-refractivity contribution is 5.77. The molecular weight excluding hydrogens is 472 g/mol. The fourth-order valence-electron chi connectivity index (χ4n) is 4.19. The number of hydrogen-bond donors (Lipinski definition) is 1. The number of nitrogens with zero attached hydrogens (tertiary/aromatic N) is 1. The van der Waals surface area contributed by atoms with Crippen molar-refractivity contribution in [2.24, 2.45) is 0 Å². The van der Waals surface area contributed by atoms with Gasteiger partial charge in [-0.1, -0.05) is 30.3 Å². The number of carboxylic acids is 1. The number of halogens is 2. The minimum atomic E-state index is -0.957. The number of rotatable bonds is 8. The van der Waals surface area contributed by atoms with Crippen molar-refractivity contribution in [1.82, 2.24) is 5.06 Å². The van der Waals surface area contributed by atoms with Crippen molar-refractivity contribution in [2.75, 3.05) is 13.2 Å². The van der Waals surface area contributed by atoms with Crippen LogP contribution in [0.3, 0.4) is 0 Å². The Hall–Kier alpha value is -3.98. The minimum absolute atomic E-state index is 0.111. The van der Waals surface area contributed by atoms with Crippen molar-refractivity contribution in [1.29, 1.82) is 0 Å². The van der Waals surface area contributed by atoms with E-state index in [4.69, 9.17) is 19.4 Å². The zero-order valence-corrected chi connectivity index (χ0v) is 19.6. The van der Waals surface area contributed by atoms with Gasteiger partial charge in [-0.15, -0.1) is 5.06 Å². The summed E-state index contributed by atoms with van der Waals surface area (Å²) in [6.07, 6.45) is -0.803. The molecular formula is C27H25F2NO6. The Morgan fingerprint density at radius 2 is 1.81 bits per heavy atom. The van der Waals surface area contributed by atoms with E-state index in [1.807, 2.05) is 6.92 Å². The number of carbonyl (C=O) groups excluding carboxylic acids is 1. The highest BCUT2D eigenvalue weighted by Crippen LogP contribution is 2.38. The molecule has 1 aliphatic rings. The third-order valence-electron chi connectivity index (χ3n) is 5.76. The molecule has 0 amide bonds. The van der Waals surface area contributed by atoms with Gasteiger partial charge >= 0.3 is 12.1 Å². The zero-order chi connectivity index (χ0) is 25.7. The number of ether oxygens (including phenoxy) is 2. The molecule has 3 aromatic carbocycles. The Labute approximate surface area is 206 Å². The Kier molecular flexibility index (Phi) is 7.80. The molecule has 0 fully saturated rings. The van der Waals surface area contributed by atoms with Gasteiger partial charge in [0.05, 0.1) is 19.6 Å². The molecule has 0 saturated heterocycles.